The van der Waals surface area contributed by atoms with E-state index in [1.807, 2.05) is 24.3 Å². The Morgan fingerprint density at radius 1 is 1.00 bits per heavy atom. The number of anilines is 1. The molecule has 31 heavy (non-hydrogen) atoms. The summed E-state index contributed by atoms with van der Waals surface area (Å²) in [6.45, 7) is 4.15. The van der Waals surface area contributed by atoms with Crippen molar-refractivity contribution in [2.24, 2.45) is 0 Å². The third-order valence-electron chi connectivity index (χ3n) is 4.93. The molecule has 4 N–H and O–H groups in total. The van der Waals surface area contributed by atoms with Crippen LogP contribution in [-0.2, 0) is 0 Å². The van der Waals surface area contributed by atoms with Crippen LogP contribution in [0.5, 0.6) is 0 Å². The Morgan fingerprint density at radius 2 is 1.71 bits per heavy atom. The average Bonchev–Trinajstić information content (AvgIpc) is 3.17. The Balaban J connectivity index is 1.40. The normalized spacial score (nSPS) is 10.7. The molecular weight excluding hydrogens is 430 g/mol. The number of halogens is 1. The van der Waals surface area contributed by atoms with E-state index in [1.165, 1.54) is 11.1 Å². The summed E-state index contributed by atoms with van der Waals surface area (Å²) in [5.74, 6) is 0.445. The van der Waals surface area contributed by atoms with E-state index >= 15 is 0 Å². The lowest BCUT2D eigenvalue weighted by Crippen LogP contribution is -2.43. The Kier molecular flexibility index (Phi) is 5.88. The molecule has 0 radical (unpaired) electrons. The molecule has 1 heterocycles. The van der Waals surface area contributed by atoms with Crippen LogP contribution in [0, 0.1) is 13.8 Å². The Hall–Kier alpha value is -3.42. The first-order valence-corrected chi connectivity index (χ1v) is 10.4. The highest BCUT2D eigenvalue weighted by Crippen LogP contribution is 2.23. The van der Waals surface area contributed by atoms with Gasteiger partial charge in [-0.15, -0.1) is 0 Å². The molecule has 0 spiro atoms. The molecule has 3 aromatic carbocycles. The fourth-order valence-electron chi connectivity index (χ4n) is 3.09. The van der Waals surface area contributed by atoms with Gasteiger partial charge < -0.3 is 10.3 Å². The Labute approximate surface area is 190 Å². The second kappa shape index (κ2) is 8.75. The molecule has 0 saturated carbocycles. The number of rotatable bonds is 3. The highest BCUT2D eigenvalue weighted by Gasteiger charge is 2.10. The molecule has 1 aromatic heterocycles. The number of nitrogens with zero attached hydrogens (tertiary/aromatic N) is 1. The molecular formula is C23H20ClN5OS. The minimum atomic E-state index is -0.314. The fourth-order valence-corrected chi connectivity index (χ4v) is 3.43. The van der Waals surface area contributed by atoms with Gasteiger partial charge >= 0.3 is 0 Å². The van der Waals surface area contributed by atoms with Gasteiger partial charge in [-0.1, -0.05) is 35.9 Å². The number of aromatic nitrogens is 2. The van der Waals surface area contributed by atoms with Crippen LogP contribution >= 0.6 is 23.8 Å². The Bertz CT molecular complexity index is 1240. The number of aromatic amines is 1. The number of aryl methyl sites for hydroxylation is 2. The summed E-state index contributed by atoms with van der Waals surface area (Å²) in [6.07, 6.45) is 0. The van der Waals surface area contributed by atoms with Gasteiger partial charge in [0.2, 0.25) is 0 Å². The summed E-state index contributed by atoms with van der Waals surface area (Å²) in [4.78, 5) is 20.4. The van der Waals surface area contributed by atoms with Crippen molar-refractivity contribution in [3.63, 3.8) is 0 Å². The van der Waals surface area contributed by atoms with Gasteiger partial charge in [-0.05, 0) is 73.6 Å². The van der Waals surface area contributed by atoms with Crippen molar-refractivity contribution in [2.45, 2.75) is 13.8 Å². The van der Waals surface area contributed by atoms with Gasteiger partial charge in [0.05, 0.1) is 21.7 Å². The molecule has 0 atom stereocenters. The van der Waals surface area contributed by atoms with Crippen molar-refractivity contribution >= 4 is 51.6 Å². The first kappa shape index (κ1) is 20.8. The van der Waals surface area contributed by atoms with Crippen LogP contribution in [0.25, 0.3) is 22.4 Å². The molecule has 0 aliphatic heterocycles. The number of imidazole rings is 1. The third-order valence-corrected chi connectivity index (χ3v) is 5.46. The molecule has 0 fully saturated rings. The zero-order chi connectivity index (χ0) is 22.0. The van der Waals surface area contributed by atoms with Gasteiger partial charge in [-0.2, -0.15) is 0 Å². The number of carbonyl (C=O) groups is 1. The topological polar surface area (TPSA) is 81.8 Å². The molecule has 0 bridgehead atoms. The maximum atomic E-state index is 12.4. The lowest BCUT2D eigenvalue weighted by molar-refractivity contribution is 0.0944. The fraction of sp³-hybridized carbons (Fsp3) is 0.0870. The highest BCUT2D eigenvalue weighted by molar-refractivity contribution is 7.80. The third kappa shape index (κ3) is 4.68. The van der Waals surface area contributed by atoms with Gasteiger partial charge in [0, 0.05) is 11.1 Å². The number of amides is 1. The lowest BCUT2D eigenvalue weighted by atomic mass is 10.1. The summed E-state index contributed by atoms with van der Waals surface area (Å²) in [5, 5.41) is 3.69. The van der Waals surface area contributed by atoms with Gasteiger partial charge in [0.15, 0.2) is 5.11 Å². The molecule has 6 nitrogen and oxygen atoms in total. The second-order valence-corrected chi connectivity index (χ2v) is 7.94. The van der Waals surface area contributed by atoms with E-state index < -0.39 is 0 Å². The summed E-state index contributed by atoms with van der Waals surface area (Å²) in [5.41, 5.74) is 11.6. The van der Waals surface area contributed by atoms with Crippen LogP contribution < -0.4 is 16.2 Å². The van der Waals surface area contributed by atoms with E-state index in [0.717, 1.165) is 22.4 Å². The summed E-state index contributed by atoms with van der Waals surface area (Å²) >= 11 is 11.3. The maximum absolute atomic E-state index is 12.4. The van der Waals surface area contributed by atoms with Gasteiger partial charge in [-0.3, -0.25) is 15.6 Å². The van der Waals surface area contributed by atoms with Crippen molar-refractivity contribution in [1.82, 2.24) is 20.8 Å². The smallest absolute Gasteiger partial charge is 0.269 e. The van der Waals surface area contributed by atoms with Gasteiger partial charge in [0.1, 0.15) is 5.82 Å². The van der Waals surface area contributed by atoms with Crippen LogP contribution in [0.3, 0.4) is 0 Å². The number of carbonyl (C=O) groups excluding carboxylic acids is 1. The average molecular weight is 450 g/mol. The molecule has 0 unspecified atom stereocenters. The number of nitrogens with one attached hydrogen (secondary N) is 4. The van der Waals surface area contributed by atoms with Crippen LogP contribution in [0.4, 0.5) is 5.69 Å². The van der Waals surface area contributed by atoms with Crippen LogP contribution in [0.2, 0.25) is 5.02 Å². The monoisotopic (exact) mass is 449 g/mol. The maximum Gasteiger partial charge on any atom is 0.269 e. The molecule has 4 rings (SSSR count). The van der Waals surface area contributed by atoms with Crippen molar-refractivity contribution in [2.75, 3.05) is 5.32 Å². The van der Waals surface area contributed by atoms with E-state index in [2.05, 4.69) is 52.1 Å². The van der Waals surface area contributed by atoms with E-state index in [4.69, 9.17) is 23.8 Å². The van der Waals surface area contributed by atoms with Crippen LogP contribution in [0.1, 0.15) is 21.5 Å². The number of thiocarbonyl (C=S) groups is 1. The predicted octanol–water partition coefficient (Wildman–Crippen LogP) is 5.13. The zero-order valence-corrected chi connectivity index (χ0v) is 18.5. The van der Waals surface area contributed by atoms with E-state index in [1.54, 1.807) is 24.3 Å². The first-order chi connectivity index (χ1) is 14.9. The first-order valence-electron chi connectivity index (χ1n) is 9.60. The molecule has 8 heteroatoms. The number of hydrogen-bond acceptors (Lipinski definition) is 3. The minimum absolute atomic E-state index is 0.228. The molecule has 0 aliphatic carbocycles. The van der Waals surface area contributed by atoms with Crippen molar-refractivity contribution < 1.29 is 4.79 Å². The molecule has 156 valence electrons. The van der Waals surface area contributed by atoms with Crippen LogP contribution in [0.15, 0.2) is 60.7 Å². The Morgan fingerprint density at radius 3 is 2.45 bits per heavy atom. The standard InChI is InChI=1S/C23H20ClN5OS/c1-13-11-19-20(12-14(13)2)26-21(25-19)15-7-9-16(10-8-15)22(30)28-29-23(31)27-18-6-4-3-5-17(18)24/h3-12H,1-2H3,(H,25,26)(H,28,30)(H2,27,29,31). The zero-order valence-electron chi connectivity index (χ0n) is 16.9. The molecule has 1 amide bonds. The number of H-pyrrole nitrogens is 1. The number of hydrogen-bond donors (Lipinski definition) is 4. The number of benzene rings is 3. The van der Waals surface area contributed by atoms with Crippen molar-refractivity contribution in [1.29, 1.82) is 0 Å². The van der Waals surface area contributed by atoms with Crippen molar-refractivity contribution in [3.05, 3.63) is 82.4 Å². The molecule has 0 aliphatic rings. The number of hydrazine groups is 1. The SMILES string of the molecule is Cc1cc2nc(-c3ccc(C(=O)NNC(=S)Nc4ccccc4Cl)cc3)[nH]c2cc1C. The quantitative estimate of drug-likeness (QED) is 0.257. The summed E-state index contributed by atoms with van der Waals surface area (Å²) in [7, 11) is 0. The largest absolute Gasteiger partial charge is 0.338 e. The minimum Gasteiger partial charge on any atom is -0.338 e. The van der Waals surface area contributed by atoms with Crippen molar-refractivity contribution in [3.8, 4) is 11.4 Å². The number of fused-ring (bicyclic) bond motifs is 1. The van der Waals surface area contributed by atoms with Crippen LogP contribution in [-0.4, -0.2) is 21.0 Å². The lowest BCUT2D eigenvalue weighted by Gasteiger charge is -2.12. The predicted molar refractivity (Wildman–Crippen MR) is 129 cm³/mol. The van der Waals surface area contributed by atoms with Gasteiger partial charge in [-0.25, -0.2) is 4.98 Å². The number of para-hydroxylation sites is 1. The second-order valence-electron chi connectivity index (χ2n) is 7.13. The molecule has 0 saturated heterocycles. The summed E-state index contributed by atoms with van der Waals surface area (Å²) in [6, 6.07) is 18.5. The van der Waals surface area contributed by atoms with Gasteiger partial charge in [0.25, 0.3) is 5.91 Å². The molecule has 4 aromatic rings. The summed E-state index contributed by atoms with van der Waals surface area (Å²) < 4.78 is 0. The van der Waals surface area contributed by atoms with E-state index in [9.17, 15) is 4.79 Å². The highest BCUT2D eigenvalue weighted by atomic mass is 35.5. The van der Waals surface area contributed by atoms with E-state index in [-0.39, 0.29) is 11.0 Å². The van der Waals surface area contributed by atoms with E-state index in [0.29, 0.717) is 16.3 Å².